The Morgan fingerprint density at radius 1 is 1.11 bits per heavy atom. The number of hydrogen-bond acceptors (Lipinski definition) is 4. The Balaban J connectivity index is 0.00000280. The molecule has 0 saturated carbocycles. The summed E-state index contributed by atoms with van der Waals surface area (Å²) in [7, 11) is 1.85. The molecule has 0 radical (unpaired) electrons. The zero-order valence-corrected chi connectivity index (χ0v) is 19.2. The van der Waals surface area contributed by atoms with E-state index in [0.717, 1.165) is 83.3 Å². The van der Waals surface area contributed by atoms with Gasteiger partial charge in [0, 0.05) is 59.3 Å². The molecule has 2 aliphatic heterocycles. The van der Waals surface area contributed by atoms with Gasteiger partial charge in [0.2, 0.25) is 0 Å². The monoisotopic (exact) mass is 503 g/mol. The van der Waals surface area contributed by atoms with Crippen molar-refractivity contribution in [1.29, 1.82) is 0 Å². The maximum atomic E-state index is 6.08. The van der Waals surface area contributed by atoms with Crippen LogP contribution in [0.2, 0.25) is 0 Å². The Kier molecular flexibility index (Phi) is 11.0. The molecule has 0 unspecified atom stereocenters. The maximum Gasteiger partial charge on any atom is 0.193 e. The first-order chi connectivity index (χ1) is 13.3. The van der Waals surface area contributed by atoms with Crippen LogP contribution in [0.3, 0.4) is 0 Å². The van der Waals surface area contributed by atoms with Crippen molar-refractivity contribution in [3.8, 4) is 5.75 Å². The summed E-state index contributed by atoms with van der Waals surface area (Å²) in [5, 5.41) is 3.47. The second kappa shape index (κ2) is 13.2. The molecule has 158 valence electrons. The summed E-state index contributed by atoms with van der Waals surface area (Å²) in [6, 6.07) is 10.1. The molecule has 0 atom stereocenters. The van der Waals surface area contributed by atoms with Gasteiger partial charge in [-0.3, -0.25) is 4.99 Å². The number of nitrogens with zero attached hydrogens (tertiary/aromatic N) is 2. The first-order valence-electron chi connectivity index (χ1n) is 10.2. The Labute approximate surface area is 186 Å². The summed E-state index contributed by atoms with van der Waals surface area (Å²) in [6.07, 6.45) is 5.73. The number of guanidine groups is 1. The van der Waals surface area contributed by atoms with Gasteiger partial charge in [0.05, 0.1) is 6.10 Å². The predicted molar refractivity (Wildman–Crippen MR) is 123 cm³/mol. The smallest absolute Gasteiger partial charge is 0.193 e. The first-order valence-corrected chi connectivity index (χ1v) is 10.2. The zero-order valence-electron chi connectivity index (χ0n) is 16.8. The molecule has 6 nitrogen and oxygen atoms in total. The van der Waals surface area contributed by atoms with Crippen molar-refractivity contribution in [2.45, 2.75) is 44.3 Å². The van der Waals surface area contributed by atoms with Crippen LogP contribution in [0.25, 0.3) is 0 Å². The minimum absolute atomic E-state index is 0. The van der Waals surface area contributed by atoms with E-state index in [-0.39, 0.29) is 30.1 Å². The lowest BCUT2D eigenvalue weighted by Gasteiger charge is -2.34. The van der Waals surface area contributed by atoms with Crippen LogP contribution in [-0.2, 0) is 9.47 Å². The van der Waals surface area contributed by atoms with Crippen molar-refractivity contribution in [3.05, 3.63) is 30.3 Å². The lowest BCUT2D eigenvalue weighted by molar-refractivity contribution is -0.0320. The third-order valence-electron chi connectivity index (χ3n) is 5.13. The van der Waals surface area contributed by atoms with Gasteiger partial charge < -0.3 is 24.4 Å². The molecule has 2 aliphatic rings. The van der Waals surface area contributed by atoms with Crippen LogP contribution in [0.15, 0.2) is 35.3 Å². The normalized spacial score (nSPS) is 19.2. The number of ether oxygens (including phenoxy) is 3. The maximum absolute atomic E-state index is 6.08. The third kappa shape index (κ3) is 7.75. The number of benzene rings is 1. The van der Waals surface area contributed by atoms with E-state index in [4.69, 9.17) is 14.2 Å². The highest BCUT2D eigenvalue weighted by Gasteiger charge is 2.22. The topological polar surface area (TPSA) is 55.3 Å². The van der Waals surface area contributed by atoms with Gasteiger partial charge in [0.15, 0.2) is 5.96 Å². The minimum Gasteiger partial charge on any atom is -0.490 e. The van der Waals surface area contributed by atoms with Crippen LogP contribution in [0.5, 0.6) is 5.75 Å². The second-order valence-electron chi connectivity index (χ2n) is 7.13. The Hall–Kier alpha value is -1.06. The summed E-state index contributed by atoms with van der Waals surface area (Å²) in [6.45, 7) is 5.28. The van der Waals surface area contributed by atoms with E-state index in [2.05, 4.69) is 15.2 Å². The Morgan fingerprint density at radius 3 is 2.50 bits per heavy atom. The van der Waals surface area contributed by atoms with Crippen LogP contribution < -0.4 is 10.1 Å². The van der Waals surface area contributed by atoms with Crippen molar-refractivity contribution >= 4 is 29.9 Å². The molecule has 7 heteroatoms. The van der Waals surface area contributed by atoms with Crippen LogP contribution in [0.4, 0.5) is 0 Å². The number of piperidine rings is 1. The SMILES string of the molecule is CN=C(NCCCOC1CCOCC1)N1CCC(Oc2ccccc2)CC1.I. The Bertz CT molecular complexity index is 559. The molecule has 1 aromatic carbocycles. The van der Waals surface area contributed by atoms with Crippen molar-refractivity contribution < 1.29 is 14.2 Å². The van der Waals surface area contributed by atoms with Gasteiger partial charge in [-0.25, -0.2) is 0 Å². The lowest BCUT2D eigenvalue weighted by atomic mass is 10.1. The highest BCUT2D eigenvalue weighted by molar-refractivity contribution is 14.0. The van der Waals surface area contributed by atoms with E-state index < -0.39 is 0 Å². The highest BCUT2D eigenvalue weighted by Crippen LogP contribution is 2.18. The average Bonchev–Trinajstić information content (AvgIpc) is 2.73. The first kappa shape index (κ1) is 23.2. The molecule has 0 aliphatic carbocycles. The molecule has 1 N–H and O–H groups in total. The van der Waals surface area contributed by atoms with Crippen molar-refractivity contribution in [1.82, 2.24) is 10.2 Å². The molecule has 2 fully saturated rings. The summed E-state index contributed by atoms with van der Waals surface area (Å²) < 4.78 is 17.4. The lowest BCUT2D eigenvalue weighted by Crippen LogP contribution is -2.47. The third-order valence-corrected chi connectivity index (χ3v) is 5.13. The van der Waals surface area contributed by atoms with Gasteiger partial charge in [0.1, 0.15) is 11.9 Å². The Morgan fingerprint density at radius 2 is 1.82 bits per heavy atom. The van der Waals surface area contributed by atoms with Crippen LogP contribution in [-0.4, -0.2) is 69.6 Å². The standard InChI is InChI=1S/C21H33N3O3.HI/c1-22-21(23-12-5-15-26-18-10-16-25-17-11-18)24-13-8-20(9-14-24)27-19-6-3-2-4-7-19;/h2-4,6-7,18,20H,5,8-17H2,1H3,(H,22,23);1H. The molecule has 0 amide bonds. The van der Waals surface area contributed by atoms with E-state index in [1.54, 1.807) is 0 Å². The fourth-order valence-electron chi connectivity index (χ4n) is 3.57. The van der Waals surface area contributed by atoms with Gasteiger partial charge >= 0.3 is 0 Å². The number of aliphatic imine (C=N–C) groups is 1. The van der Waals surface area contributed by atoms with Gasteiger partial charge in [-0.1, -0.05) is 18.2 Å². The molecule has 28 heavy (non-hydrogen) atoms. The summed E-state index contributed by atoms with van der Waals surface area (Å²) in [5.74, 6) is 1.95. The number of para-hydroxylation sites is 1. The summed E-state index contributed by atoms with van der Waals surface area (Å²) in [5.41, 5.74) is 0. The van der Waals surface area contributed by atoms with Crippen LogP contribution in [0, 0.1) is 0 Å². The van der Waals surface area contributed by atoms with Crippen molar-refractivity contribution in [2.24, 2.45) is 4.99 Å². The van der Waals surface area contributed by atoms with Gasteiger partial charge in [0.25, 0.3) is 0 Å². The molecule has 1 aromatic rings. The predicted octanol–water partition coefficient (Wildman–Crippen LogP) is 3.31. The van der Waals surface area contributed by atoms with E-state index in [1.807, 2.05) is 37.4 Å². The minimum atomic E-state index is 0. The van der Waals surface area contributed by atoms with Crippen LogP contribution >= 0.6 is 24.0 Å². The van der Waals surface area contributed by atoms with Crippen molar-refractivity contribution in [2.75, 3.05) is 46.5 Å². The molecule has 2 heterocycles. The van der Waals surface area contributed by atoms with E-state index >= 15 is 0 Å². The fraction of sp³-hybridized carbons (Fsp3) is 0.667. The van der Waals surface area contributed by atoms with Crippen LogP contribution in [0.1, 0.15) is 32.1 Å². The molecule has 2 saturated heterocycles. The largest absolute Gasteiger partial charge is 0.490 e. The number of likely N-dealkylation sites (tertiary alicyclic amines) is 1. The number of halogens is 1. The van der Waals surface area contributed by atoms with E-state index in [0.29, 0.717) is 6.10 Å². The van der Waals surface area contributed by atoms with E-state index in [1.165, 1.54) is 0 Å². The summed E-state index contributed by atoms with van der Waals surface area (Å²) >= 11 is 0. The molecule has 0 aromatic heterocycles. The molecule has 0 bridgehead atoms. The number of rotatable bonds is 7. The second-order valence-corrected chi connectivity index (χ2v) is 7.13. The van der Waals surface area contributed by atoms with Gasteiger partial charge in [-0.05, 0) is 31.4 Å². The highest BCUT2D eigenvalue weighted by atomic mass is 127. The molecule has 3 rings (SSSR count). The molecular formula is C21H34IN3O3. The number of hydrogen-bond donors (Lipinski definition) is 1. The molecule has 0 spiro atoms. The number of nitrogens with one attached hydrogen (secondary N) is 1. The fourth-order valence-corrected chi connectivity index (χ4v) is 3.57. The zero-order chi connectivity index (χ0) is 18.7. The van der Waals surface area contributed by atoms with Crippen molar-refractivity contribution in [3.63, 3.8) is 0 Å². The summed E-state index contributed by atoms with van der Waals surface area (Å²) in [4.78, 5) is 6.77. The average molecular weight is 503 g/mol. The van der Waals surface area contributed by atoms with Gasteiger partial charge in [-0.2, -0.15) is 0 Å². The quantitative estimate of drug-likeness (QED) is 0.268. The van der Waals surface area contributed by atoms with Gasteiger partial charge in [-0.15, -0.1) is 24.0 Å². The van der Waals surface area contributed by atoms with E-state index in [9.17, 15) is 0 Å². The molecular weight excluding hydrogens is 469 g/mol.